The molecular formula is C10H15FN2. The number of aromatic nitrogens is 1. The minimum Gasteiger partial charge on any atom is -0.310 e. The molecule has 0 saturated carbocycles. The van der Waals surface area contributed by atoms with Crippen LogP contribution in [0.15, 0.2) is 24.5 Å². The maximum atomic E-state index is 11.8. The Morgan fingerprint density at radius 2 is 2.46 bits per heavy atom. The number of pyridine rings is 1. The molecule has 1 rings (SSSR count). The van der Waals surface area contributed by atoms with Crippen LogP contribution in [0.25, 0.3) is 0 Å². The van der Waals surface area contributed by atoms with Crippen molar-refractivity contribution in [3.05, 3.63) is 30.1 Å². The lowest BCUT2D eigenvalue weighted by Crippen LogP contribution is -2.20. The average Bonchev–Trinajstić information content (AvgIpc) is 2.19. The van der Waals surface area contributed by atoms with E-state index in [1.54, 1.807) is 6.20 Å². The monoisotopic (exact) mass is 182 g/mol. The Morgan fingerprint density at radius 1 is 1.62 bits per heavy atom. The van der Waals surface area contributed by atoms with Crippen LogP contribution in [-0.4, -0.2) is 18.2 Å². The molecule has 0 aromatic carbocycles. The van der Waals surface area contributed by atoms with Crippen molar-refractivity contribution in [3.8, 4) is 0 Å². The number of hydrogen-bond donors (Lipinski definition) is 1. The van der Waals surface area contributed by atoms with Crippen molar-refractivity contribution in [1.29, 1.82) is 0 Å². The molecule has 0 fully saturated rings. The minimum atomic E-state index is -0.257. The van der Waals surface area contributed by atoms with Crippen molar-refractivity contribution >= 4 is 0 Å². The number of nitrogens with zero attached hydrogens (tertiary/aromatic N) is 1. The van der Waals surface area contributed by atoms with Crippen molar-refractivity contribution in [2.24, 2.45) is 0 Å². The third-order valence-electron chi connectivity index (χ3n) is 1.95. The normalized spacial score (nSPS) is 12.8. The summed E-state index contributed by atoms with van der Waals surface area (Å²) in [5, 5.41) is 3.22. The molecule has 0 aliphatic rings. The van der Waals surface area contributed by atoms with Gasteiger partial charge in [0.15, 0.2) is 0 Å². The van der Waals surface area contributed by atoms with Gasteiger partial charge in [-0.2, -0.15) is 0 Å². The van der Waals surface area contributed by atoms with Crippen LogP contribution in [0.1, 0.15) is 24.9 Å². The van der Waals surface area contributed by atoms with Crippen molar-refractivity contribution in [2.75, 3.05) is 13.2 Å². The second kappa shape index (κ2) is 5.65. The smallest absolute Gasteiger partial charge is 0.0906 e. The van der Waals surface area contributed by atoms with Gasteiger partial charge < -0.3 is 5.32 Å². The van der Waals surface area contributed by atoms with Crippen LogP contribution in [0, 0.1) is 0 Å². The molecule has 0 aliphatic carbocycles. The molecule has 1 aromatic heterocycles. The van der Waals surface area contributed by atoms with Crippen LogP contribution in [0.4, 0.5) is 4.39 Å². The van der Waals surface area contributed by atoms with Crippen molar-refractivity contribution in [3.63, 3.8) is 0 Å². The summed E-state index contributed by atoms with van der Waals surface area (Å²) in [4.78, 5) is 4.02. The molecule has 13 heavy (non-hydrogen) atoms. The molecule has 1 N–H and O–H groups in total. The summed E-state index contributed by atoms with van der Waals surface area (Å²) in [7, 11) is 0. The Bertz CT molecular complexity index is 226. The summed E-state index contributed by atoms with van der Waals surface area (Å²) in [5.74, 6) is 0. The molecular weight excluding hydrogens is 167 g/mol. The van der Waals surface area contributed by atoms with Crippen molar-refractivity contribution < 1.29 is 4.39 Å². The van der Waals surface area contributed by atoms with E-state index in [2.05, 4.69) is 17.2 Å². The first-order chi connectivity index (χ1) is 6.34. The van der Waals surface area contributed by atoms with Gasteiger partial charge in [-0.1, -0.05) is 6.07 Å². The summed E-state index contributed by atoms with van der Waals surface area (Å²) < 4.78 is 11.8. The molecule has 1 heterocycles. The van der Waals surface area contributed by atoms with E-state index >= 15 is 0 Å². The van der Waals surface area contributed by atoms with Crippen LogP contribution in [0.5, 0.6) is 0 Å². The zero-order valence-corrected chi connectivity index (χ0v) is 7.83. The van der Waals surface area contributed by atoms with E-state index in [1.807, 2.05) is 18.3 Å². The fourth-order valence-electron chi connectivity index (χ4n) is 1.14. The highest BCUT2D eigenvalue weighted by molar-refractivity contribution is 5.12. The molecule has 0 unspecified atom stereocenters. The van der Waals surface area contributed by atoms with E-state index in [-0.39, 0.29) is 12.7 Å². The molecule has 72 valence electrons. The Labute approximate surface area is 78.2 Å². The van der Waals surface area contributed by atoms with E-state index in [4.69, 9.17) is 0 Å². The van der Waals surface area contributed by atoms with E-state index in [1.165, 1.54) is 0 Å². The maximum absolute atomic E-state index is 11.8. The Balaban J connectivity index is 2.35. The van der Waals surface area contributed by atoms with Crippen molar-refractivity contribution in [2.45, 2.75) is 19.4 Å². The second-order valence-corrected chi connectivity index (χ2v) is 3.00. The Kier molecular flexibility index (Phi) is 4.40. The Morgan fingerprint density at radius 3 is 3.08 bits per heavy atom. The molecule has 0 amide bonds. The van der Waals surface area contributed by atoms with Crippen LogP contribution in [0.2, 0.25) is 0 Å². The standard InChI is InChI=1S/C10H15FN2/c1-9(13-7-3-5-11)10-4-2-6-12-8-10/h2,4,6,8-9,13H,3,5,7H2,1H3/t9-/m0/s1. The van der Waals surface area contributed by atoms with Gasteiger partial charge in [-0.05, 0) is 31.5 Å². The third-order valence-corrected chi connectivity index (χ3v) is 1.95. The topological polar surface area (TPSA) is 24.9 Å². The second-order valence-electron chi connectivity index (χ2n) is 3.00. The summed E-state index contributed by atoms with van der Waals surface area (Å²) in [5.41, 5.74) is 1.14. The average molecular weight is 182 g/mol. The van der Waals surface area contributed by atoms with Crippen LogP contribution < -0.4 is 5.32 Å². The number of halogens is 1. The van der Waals surface area contributed by atoms with Gasteiger partial charge in [0, 0.05) is 18.4 Å². The van der Waals surface area contributed by atoms with Crippen LogP contribution in [0.3, 0.4) is 0 Å². The number of rotatable bonds is 5. The van der Waals surface area contributed by atoms with E-state index < -0.39 is 0 Å². The van der Waals surface area contributed by atoms with Gasteiger partial charge in [0.2, 0.25) is 0 Å². The zero-order valence-electron chi connectivity index (χ0n) is 7.83. The van der Waals surface area contributed by atoms with Gasteiger partial charge in [0.05, 0.1) is 6.67 Å². The highest BCUT2D eigenvalue weighted by atomic mass is 19.1. The van der Waals surface area contributed by atoms with Gasteiger partial charge in [0.1, 0.15) is 0 Å². The SMILES string of the molecule is C[C@H](NCCCF)c1cccnc1. The van der Waals surface area contributed by atoms with Gasteiger partial charge in [-0.25, -0.2) is 0 Å². The quantitative estimate of drug-likeness (QED) is 0.705. The largest absolute Gasteiger partial charge is 0.310 e. The van der Waals surface area contributed by atoms with Crippen LogP contribution in [-0.2, 0) is 0 Å². The minimum absolute atomic E-state index is 0.250. The first-order valence-electron chi connectivity index (χ1n) is 4.54. The summed E-state index contributed by atoms with van der Waals surface area (Å²) in [6.07, 6.45) is 4.15. The molecule has 0 spiro atoms. The molecule has 0 aliphatic heterocycles. The van der Waals surface area contributed by atoms with Crippen molar-refractivity contribution in [1.82, 2.24) is 10.3 Å². The predicted molar refractivity (Wildman–Crippen MR) is 51.2 cm³/mol. The lowest BCUT2D eigenvalue weighted by atomic mass is 10.1. The Hall–Kier alpha value is -0.960. The summed E-state index contributed by atoms with van der Waals surface area (Å²) >= 11 is 0. The predicted octanol–water partition coefficient (Wildman–Crippen LogP) is 2.09. The third kappa shape index (κ3) is 3.51. The van der Waals surface area contributed by atoms with E-state index in [0.717, 1.165) is 5.56 Å². The lowest BCUT2D eigenvalue weighted by molar-refractivity contribution is 0.446. The molecule has 1 aromatic rings. The van der Waals surface area contributed by atoms with Crippen LogP contribution >= 0.6 is 0 Å². The number of alkyl halides is 1. The fourth-order valence-corrected chi connectivity index (χ4v) is 1.14. The molecule has 2 nitrogen and oxygen atoms in total. The summed E-state index contributed by atoms with van der Waals surface area (Å²) in [6, 6.07) is 4.17. The first kappa shape index (κ1) is 10.1. The number of hydrogen-bond acceptors (Lipinski definition) is 2. The lowest BCUT2D eigenvalue weighted by Gasteiger charge is -2.12. The highest BCUT2D eigenvalue weighted by Gasteiger charge is 2.02. The first-order valence-corrected chi connectivity index (χ1v) is 4.54. The van der Waals surface area contributed by atoms with Gasteiger partial charge in [-0.15, -0.1) is 0 Å². The van der Waals surface area contributed by atoms with E-state index in [9.17, 15) is 4.39 Å². The molecule has 3 heteroatoms. The van der Waals surface area contributed by atoms with Gasteiger partial charge >= 0.3 is 0 Å². The van der Waals surface area contributed by atoms with Gasteiger partial charge in [-0.3, -0.25) is 9.37 Å². The number of nitrogens with one attached hydrogen (secondary N) is 1. The molecule has 0 bridgehead atoms. The summed E-state index contributed by atoms with van der Waals surface area (Å²) in [6.45, 7) is 2.51. The maximum Gasteiger partial charge on any atom is 0.0906 e. The van der Waals surface area contributed by atoms with Gasteiger partial charge in [0.25, 0.3) is 0 Å². The molecule has 1 atom stereocenters. The molecule has 0 radical (unpaired) electrons. The van der Waals surface area contributed by atoms with E-state index in [0.29, 0.717) is 13.0 Å². The zero-order chi connectivity index (χ0) is 9.52. The fraction of sp³-hybridized carbons (Fsp3) is 0.500. The molecule has 0 saturated heterocycles. The highest BCUT2D eigenvalue weighted by Crippen LogP contribution is 2.08.